The average molecular weight is 1040 g/mol. The number of aliphatic hydroxyl groups excluding tert-OH is 2. The molecule has 26 heteroatoms. The predicted molar refractivity (Wildman–Crippen MR) is 261 cm³/mol. The predicted octanol–water partition coefficient (Wildman–Crippen LogP) is -2.70. The Bertz CT molecular complexity index is 2030. The number of aliphatic hydroxyl groups is 2. The zero-order chi connectivity index (χ0) is 55.0. The molecule has 11 atom stereocenters. The van der Waals surface area contributed by atoms with Crippen LogP contribution in [0.25, 0.3) is 0 Å². The fourth-order valence-electron chi connectivity index (χ4n) is 6.84. The molecule has 0 fully saturated rings. The van der Waals surface area contributed by atoms with Gasteiger partial charge in [-0.05, 0) is 49.5 Å². The number of rotatable bonds is 33. The van der Waals surface area contributed by atoms with Gasteiger partial charge >= 0.3 is 17.9 Å². The van der Waals surface area contributed by atoms with Gasteiger partial charge in [0.15, 0.2) is 0 Å². The summed E-state index contributed by atoms with van der Waals surface area (Å²) >= 11 is 4.19. The third kappa shape index (κ3) is 22.4. The van der Waals surface area contributed by atoms with Crippen molar-refractivity contribution in [1.29, 1.82) is 0 Å². The van der Waals surface area contributed by atoms with Crippen molar-refractivity contribution < 1.29 is 78.3 Å². The molecule has 0 spiro atoms. The van der Waals surface area contributed by atoms with Gasteiger partial charge in [0.1, 0.15) is 54.4 Å². The summed E-state index contributed by atoms with van der Waals surface area (Å²) in [6, 6.07) is -5.17. The Labute approximate surface area is 423 Å². The largest absolute Gasteiger partial charge is 0.481 e. The number of nitrogens with one attached hydrogen (secondary N) is 8. The second kappa shape index (κ2) is 31.8. The Morgan fingerprint density at radius 3 is 1.42 bits per heavy atom. The maximum atomic E-state index is 13.9. The van der Waals surface area contributed by atoms with Crippen LogP contribution in [-0.4, -0.2) is 164 Å². The Morgan fingerprint density at radius 2 is 0.972 bits per heavy atom. The highest BCUT2D eigenvalue weighted by molar-refractivity contribution is 7.80. The number of hydrogen-bond donors (Lipinski definition) is 15. The van der Waals surface area contributed by atoms with Crippen LogP contribution in [0.15, 0.2) is 30.3 Å². The van der Waals surface area contributed by atoms with Gasteiger partial charge in [-0.15, -0.1) is 0 Å². The van der Waals surface area contributed by atoms with Crippen LogP contribution in [0, 0.1) is 17.8 Å². The van der Waals surface area contributed by atoms with Crippen LogP contribution in [0.4, 0.5) is 0 Å². The van der Waals surface area contributed by atoms with Crippen molar-refractivity contribution in [3.63, 3.8) is 0 Å². The number of carboxylic acids is 3. The lowest BCUT2D eigenvalue weighted by Crippen LogP contribution is -2.62. The molecule has 15 N–H and O–H groups in total. The Balaban J connectivity index is 3.43. The number of amides is 8. The van der Waals surface area contributed by atoms with Crippen molar-refractivity contribution in [2.75, 3.05) is 12.4 Å². The van der Waals surface area contributed by atoms with Crippen LogP contribution < -0.4 is 48.3 Å². The highest BCUT2D eigenvalue weighted by Crippen LogP contribution is 2.13. The van der Waals surface area contributed by atoms with Gasteiger partial charge in [0.05, 0.1) is 12.7 Å². The molecule has 0 saturated carbocycles. The number of carboxylic acid groups (broad SMARTS) is 3. The first-order chi connectivity index (χ1) is 33.7. The van der Waals surface area contributed by atoms with E-state index in [1.54, 1.807) is 58.0 Å². The third-order valence-corrected chi connectivity index (χ3v) is 11.6. The number of aliphatic carboxylic acids is 3. The van der Waals surface area contributed by atoms with Gasteiger partial charge in [-0.25, -0.2) is 4.79 Å². The minimum Gasteiger partial charge on any atom is -0.481 e. The van der Waals surface area contributed by atoms with Crippen molar-refractivity contribution in [2.24, 2.45) is 23.5 Å². The zero-order valence-corrected chi connectivity index (χ0v) is 42.4. The molecule has 8 amide bonds. The lowest BCUT2D eigenvalue weighted by molar-refractivity contribution is -0.143. The second-order valence-corrected chi connectivity index (χ2v) is 18.5. The minimum atomic E-state index is -1.79. The molecule has 25 nitrogen and oxygen atoms in total. The maximum Gasteiger partial charge on any atom is 0.326 e. The van der Waals surface area contributed by atoms with E-state index >= 15 is 0 Å². The number of benzene rings is 1. The quantitative estimate of drug-likeness (QED) is 0.0319. The van der Waals surface area contributed by atoms with Crippen LogP contribution in [0.2, 0.25) is 0 Å². The molecule has 404 valence electrons. The lowest BCUT2D eigenvalue weighted by Gasteiger charge is -2.30. The van der Waals surface area contributed by atoms with E-state index in [1.807, 2.05) is 0 Å². The van der Waals surface area contributed by atoms with E-state index in [4.69, 9.17) is 5.73 Å². The van der Waals surface area contributed by atoms with Crippen molar-refractivity contribution in [3.8, 4) is 0 Å². The summed E-state index contributed by atoms with van der Waals surface area (Å²) < 4.78 is 0. The number of carbonyl (C=O) groups excluding carboxylic acids is 8. The summed E-state index contributed by atoms with van der Waals surface area (Å²) in [6.07, 6.45) is -3.82. The standard InChI is InChI=1S/C46H73N9O16S/c1-8-24(6)36(54-38(62)27(47)20-56)44(68)55-37(25(7)57)45(69)49-29(15-17-34(60)61)40(64)53-35(23(4)5)43(67)48-28(14-16-33(58)59)39(63)52-32(21-72)42(66)50-30(19-26-12-10-9-11-13-26)41(65)51-31(46(70)71)18-22(2)3/h9-13,22-25,27-32,35-37,56-57,72H,8,14-21,47H2,1-7H3,(H,48,67)(H,49,69)(H,50,66)(H,51,65)(H,52,63)(H,53,64)(H,54,62)(H,55,68)(H,58,59)(H,60,61)(H,70,71)/t24-,25+,27-,28-,29-,30-,31-,32-,35-,36-,37-/m0/s1. The van der Waals surface area contributed by atoms with Crippen molar-refractivity contribution in [2.45, 2.75) is 154 Å². The molecule has 0 aliphatic rings. The van der Waals surface area contributed by atoms with E-state index in [0.717, 1.165) is 6.92 Å². The maximum absolute atomic E-state index is 13.9. The zero-order valence-electron chi connectivity index (χ0n) is 41.5. The number of hydrogen-bond acceptors (Lipinski definition) is 15. The molecule has 1 aromatic carbocycles. The molecule has 0 aliphatic heterocycles. The molecule has 0 bridgehead atoms. The number of nitrogens with two attached hydrogens (primary N) is 1. The van der Waals surface area contributed by atoms with Crippen LogP contribution in [0.3, 0.4) is 0 Å². The van der Waals surface area contributed by atoms with E-state index in [0.29, 0.717) is 12.0 Å². The van der Waals surface area contributed by atoms with Gasteiger partial charge in [-0.1, -0.05) is 78.3 Å². The van der Waals surface area contributed by atoms with Gasteiger partial charge in [-0.2, -0.15) is 12.6 Å². The first-order valence-corrected chi connectivity index (χ1v) is 24.1. The molecule has 0 heterocycles. The summed E-state index contributed by atoms with van der Waals surface area (Å²) in [5.74, 6) is -14.0. The van der Waals surface area contributed by atoms with Gasteiger partial charge in [-0.3, -0.25) is 47.9 Å². The van der Waals surface area contributed by atoms with E-state index in [2.05, 4.69) is 55.2 Å². The first-order valence-electron chi connectivity index (χ1n) is 23.5. The summed E-state index contributed by atoms with van der Waals surface area (Å²) in [5.41, 5.74) is 6.18. The molecule has 0 radical (unpaired) electrons. The fourth-order valence-corrected chi connectivity index (χ4v) is 7.10. The van der Waals surface area contributed by atoms with Crippen molar-refractivity contribution >= 4 is 77.8 Å². The molecular formula is C46H73N9O16S. The number of carbonyl (C=O) groups is 11. The minimum absolute atomic E-state index is 0.0776. The first kappa shape index (κ1) is 63.6. The van der Waals surface area contributed by atoms with Crippen LogP contribution in [0.5, 0.6) is 0 Å². The molecule has 0 unspecified atom stereocenters. The lowest BCUT2D eigenvalue weighted by atomic mass is 9.97. The highest BCUT2D eigenvalue weighted by atomic mass is 32.1. The van der Waals surface area contributed by atoms with Gasteiger partial charge in [0.2, 0.25) is 47.3 Å². The smallest absolute Gasteiger partial charge is 0.326 e. The molecular weight excluding hydrogens is 967 g/mol. The van der Waals surface area contributed by atoms with Gasteiger partial charge in [0.25, 0.3) is 0 Å². The Kier molecular flexibility index (Phi) is 28.1. The van der Waals surface area contributed by atoms with E-state index in [9.17, 15) is 78.3 Å². The Morgan fingerprint density at radius 1 is 0.556 bits per heavy atom. The number of thiol groups is 1. The van der Waals surface area contributed by atoms with Crippen LogP contribution >= 0.6 is 12.6 Å². The molecule has 0 saturated heterocycles. The molecule has 0 aliphatic carbocycles. The second-order valence-electron chi connectivity index (χ2n) is 18.1. The summed E-state index contributed by atoms with van der Waals surface area (Å²) in [6.45, 7) is 10.2. The molecule has 1 rings (SSSR count). The van der Waals surface area contributed by atoms with Crippen LogP contribution in [-0.2, 0) is 59.2 Å². The normalized spacial score (nSPS) is 15.8. The summed E-state index contributed by atoms with van der Waals surface area (Å²) in [7, 11) is 0. The Hall–Kier alpha value is -6.38. The molecule has 0 aromatic heterocycles. The van der Waals surface area contributed by atoms with Crippen LogP contribution in [0.1, 0.15) is 92.6 Å². The highest BCUT2D eigenvalue weighted by Gasteiger charge is 2.37. The van der Waals surface area contributed by atoms with E-state index in [1.165, 1.54) is 13.8 Å². The summed E-state index contributed by atoms with van der Waals surface area (Å²) in [5, 5.41) is 67.8. The topological polar surface area (TPSA) is 411 Å². The SMILES string of the molecule is CC[C@H](C)[C@H](NC(=O)[C@@H](N)CO)C(=O)N[C@H](C(=O)N[C@@H](CCC(=O)O)C(=O)N[C@H](C(=O)N[C@@H](CCC(=O)O)C(=O)N[C@@H](CS)C(=O)N[C@@H](Cc1ccccc1)C(=O)N[C@@H](CC(C)C)C(=O)O)C(C)C)[C@@H](C)O. The fraction of sp³-hybridized carbons (Fsp3) is 0.630. The van der Waals surface area contributed by atoms with E-state index < -0.39 is 170 Å². The summed E-state index contributed by atoms with van der Waals surface area (Å²) in [4.78, 5) is 144. The molecule has 72 heavy (non-hydrogen) atoms. The third-order valence-electron chi connectivity index (χ3n) is 11.2. The van der Waals surface area contributed by atoms with Gasteiger partial charge < -0.3 is 73.8 Å². The monoisotopic (exact) mass is 1040 g/mol. The van der Waals surface area contributed by atoms with Gasteiger partial charge in [0, 0.05) is 25.0 Å². The van der Waals surface area contributed by atoms with E-state index in [-0.39, 0.29) is 24.5 Å². The van der Waals surface area contributed by atoms with Crippen molar-refractivity contribution in [3.05, 3.63) is 35.9 Å². The van der Waals surface area contributed by atoms with Crippen molar-refractivity contribution in [1.82, 2.24) is 42.5 Å². The molecule has 1 aromatic rings. The average Bonchev–Trinajstić information content (AvgIpc) is 3.31.